The molecule has 0 atom stereocenters. The number of nitrogens with zero attached hydrogens (tertiary/aromatic N) is 1. The van der Waals surface area contributed by atoms with Crippen molar-refractivity contribution in [3.63, 3.8) is 0 Å². The zero-order valence-electron chi connectivity index (χ0n) is 10.6. The molecule has 0 aromatic heterocycles. The van der Waals surface area contributed by atoms with Crippen molar-refractivity contribution in [3.05, 3.63) is 52.5 Å². The Labute approximate surface area is 120 Å². The number of rotatable bonds is 2. The molecule has 0 saturated heterocycles. The van der Waals surface area contributed by atoms with E-state index >= 15 is 0 Å². The van der Waals surface area contributed by atoms with Crippen molar-refractivity contribution in [2.45, 2.75) is 0 Å². The molecular formula is C15H10ClNO3. The molecule has 0 fully saturated rings. The number of halogens is 1. The molecule has 2 aromatic rings. The predicted octanol–water partition coefficient (Wildman–Crippen LogP) is 3.37. The van der Waals surface area contributed by atoms with Gasteiger partial charge in [0, 0.05) is 10.6 Å². The van der Waals surface area contributed by atoms with Gasteiger partial charge in [0.25, 0.3) is 0 Å². The summed E-state index contributed by atoms with van der Waals surface area (Å²) in [6, 6.07) is 11.2. The smallest absolute Gasteiger partial charge is 0.337 e. The van der Waals surface area contributed by atoms with Gasteiger partial charge in [-0.2, -0.15) is 5.26 Å². The number of carbonyl (C=O) groups is 1. The summed E-state index contributed by atoms with van der Waals surface area (Å²) in [4.78, 5) is 11.5. The maximum Gasteiger partial charge on any atom is 0.337 e. The summed E-state index contributed by atoms with van der Waals surface area (Å²) >= 11 is 6.11. The zero-order chi connectivity index (χ0) is 14.7. The van der Waals surface area contributed by atoms with Crippen LogP contribution in [0.1, 0.15) is 15.9 Å². The molecule has 0 amide bonds. The van der Waals surface area contributed by atoms with Gasteiger partial charge >= 0.3 is 5.97 Å². The van der Waals surface area contributed by atoms with Crippen LogP contribution in [0.15, 0.2) is 36.4 Å². The van der Waals surface area contributed by atoms with E-state index in [-0.39, 0.29) is 11.3 Å². The Morgan fingerprint density at radius 3 is 2.65 bits per heavy atom. The van der Waals surface area contributed by atoms with Crippen LogP contribution in [0.3, 0.4) is 0 Å². The number of hydrogen-bond donors (Lipinski definition) is 1. The summed E-state index contributed by atoms with van der Waals surface area (Å²) < 4.78 is 4.65. The average Bonchev–Trinajstić information content (AvgIpc) is 2.46. The highest BCUT2D eigenvalue weighted by Gasteiger charge is 2.12. The second-order valence-electron chi connectivity index (χ2n) is 4.03. The average molecular weight is 288 g/mol. The number of benzene rings is 2. The quantitative estimate of drug-likeness (QED) is 0.860. The van der Waals surface area contributed by atoms with Gasteiger partial charge in [0.1, 0.15) is 11.8 Å². The SMILES string of the molecule is COC(=O)c1ccc(Cl)c(-c2ccc(C#N)c(O)c2)c1. The number of nitriles is 1. The Kier molecular flexibility index (Phi) is 3.92. The normalized spacial score (nSPS) is 9.85. The predicted molar refractivity (Wildman–Crippen MR) is 74.6 cm³/mol. The van der Waals surface area contributed by atoms with E-state index in [4.69, 9.17) is 16.9 Å². The number of phenolic OH excluding ortho intramolecular Hbond substituents is 1. The number of ether oxygens (including phenoxy) is 1. The molecule has 2 aromatic carbocycles. The van der Waals surface area contributed by atoms with Crippen LogP contribution in [-0.4, -0.2) is 18.2 Å². The molecule has 4 nitrogen and oxygen atoms in total. The highest BCUT2D eigenvalue weighted by molar-refractivity contribution is 6.33. The van der Waals surface area contributed by atoms with Crippen molar-refractivity contribution in [1.82, 2.24) is 0 Å². The molecular weight excluding hydrogens is 278 g/mol. The minimum absolute atomic E-state index is 0.135. The Morgan fingerprint density at radius 1 is 1.30 bits per heavy atom. The molecule has 20 heavy (non-hydrogen) atoms. The van der Waals surface area contributed by atoms with Crippen molar-refractivity contribution in [3.8, 4) is 22.9 Å². The van der Waals surface area contributed by atoms with E-state index in [9.17, 15) is 9.90 Å². The van der Waals surface area contributed by atoms with Crippen LogP contribution in [-0.2, 0) is 4.74 Å². The zero-order valence-corrected chi connectivity index (χ0v) is 11.3. The van der Waals surface area contributed by atoms with E-state index in [2.05, 4.69) is 4.74 Å². The lowest BCUT2D eigenvalue weighted by molar-refractivity contribution is 0.0601. The van der Waals surface area contributed by atoms with Gasteiger partial charge < -0.3 is 9.84 Å². The number of carbonyl (C=O) groups excluding carboxylic acids is 1. The summed E-state index contributed by atoms with van der Waals surface area (Å²) in [5, 5.41) is 18.9. The first-order valence-electron chi connectivity index (χ1n) is 5.68. The standard InChI is InChI=1S/C15H10ClNO3/c1-20-15(19)10-4-5-13(16)12(6-10)9-2-3-11(8-17)14(18)7-9/h2-7,18H,1H3. The molecule has 0 aliphatic carbocycles. The molecule has 0 aliphatic rings. The van der Waals surface area contributed by atoms with E-state index in [0.29, 0.717) is 21.7 Å². The van der Waals surface area contributed by atoms with Crippen molar-refractivity contribution in [2.75, 3.05) is 7.11 Å². The number of hydrogen-bond acceptors (Lipinski definition) is 4. The van der Waals surface area contributed by atoms with Gasteiger partial charge in [-0.1, -0.05) is 17.7 Å². The van der Waals surface area contributed by atoms with E-state index in [1.165, 1.54) is 19.2 Å². The first kappa shape index (κ1) is 13.9. The lowest BCUT2D eigenvalue weighted by atomic mass is 10.0. The van der Waals surface area contributed by atoms with Gasteiger partial charge in [-0.25, -0.2) is 4.79 Å². The molecule has 2 rings (SSSR count). The summed E-state index contributed by atoms with van der Waals surface area (Å²) in [6.45, 7) is 0. The lowest BCUT2D eigenvalue weighted by Gasteiger charge is -2.08. The van der Waals surface area contributed by atoms with E-state index in [0.717, 1.165) is 0 Å². The first-order valence-corrected chi connectivity index (χ1v) is 6.06. The molecule has 0 heterocycles. The minimum atomic E-state index is -0.471. The third kappa shape index (κ3) is 2.58. The Hall–Kier alpha value is -2.51. The van der Waals surface area contributed by atoms with Crippen LogP contribution >= 0.6 is 11.6 Å². The van der Waals surface area contributed by atoms with Crippen molar-refractivity contribution < 1.29 is 14.6 Å². The molecule has 5 heteroatoms. The van der Waals surface area contributed by atoms with E-state index in [1.807, 2.05) is 6.07 Å². The highest BCUT2D eigenvalue weighted by atomic mass is 35.5. The van der Waals surface area contributed by atoms with Gasteiger partial charge in [0.2, 0.25) is 0 Å². The largest absolute Gasteiger partial charge is 0.507 e. The van der Waals surface area contributed by atoms with E-state index < -0.39 is 5.97 Å². The molecule has 100 valence electrons. The van der Waals surface area contributed by atoms with Gasteiger partial charge in [-0.15, -0.1) is 0 Å². The lowest BCUT2D eigenvalue weighted by Crippen LogP contribution is -2.01. The summed E-state index contributed by atoms with van der Waals surface area (Å²) in [6.07, 6.45) is 0. The Balaban J connectivity index is 2.55. The first-order chi connectivity index (χ1) is 9.56. The van der Waals surface area contributed by atoms with Crippen LogP contribution in [0.2, 0.25) is 5.02 Å². The fraction of sp³-hybridized carbons (Fsp3) is 0.0667. The summed E-state index contributed by atoms with van der Waals surface area (Å²) in [5.74, 6) is -0.606. The fourth-order valence-electron chi connectivity index (χ4n) is 1.79. The summed E-state index contributed by atoms with van der Waals surface area (Å²) in [5.41, 5.74) is 1.72. The number of aromatic hydroxyl groups is 1. The minimum Gasteiger partial charge on any atom is -0.507 e. The fourth-order valence-corrected chi connectivity index (χ4v) is 2.01. The topological polar surface area (TPSA) is 70.3 Å². The maximum atomic E-state index is 11.5. The molecule has 0 saturated carbocycles. The third-order valence-corrected chi connectivity index (χ3v) is 3.15. The van der Waals surface area contributed by atoms with E-state index in [1.54, 1.807) is 24.3 Å². The van der Waals surface area contributed by atoms with Crippen molar-refractivity contribution >= 4 is 17.6 Å². The molecule has 1 N–H and O–H groups in total. The van der Waals surface area contributed by atoms with Gasteiger partial charge in [0.05, 0.1) is 18.2 Å². The molecule has 0 unspecified atom stereocenters. The summed E-state index contributed by atoms with van der Waals surface area (Å²) in [7, 11) is 1.30. The second kappa shape index (κ2) is 5.64. The highest BCUT2D eigenvalue weighted by Crippen LogP contribution is 2.32. The molecule has 0 bridgehead atoms. The van der Waals surface area contributed by atoms with Crippen LogP contribution in [0.5, 0.6) is 5.75 Å². The monoisotopic (exact) mass is 287 g/mol. The van der Waals surface area contributed by atoms with Gasteiger partial charge in [-0.3, -0.25) is 0 Å². The Morgan fingerprint density at radius 2 is 2.05 bits per heavy atom. The number of esters is 1. The molecule has 0 radical (unpaired) electrons. The van der Waals surface area contributed by atoms with Crippen LogP contribution in [0, 0.1) is 11.3 Å². The number of methoxy groups -OCH3 is 1. The van der Waals surface area contributed by atoms with Gasteiger partial charge in [-0.05, 0) is 35.9 Å². The van der Waals surface area contributed by atoms with Crippen molar-refractivity contribution in [2.24, 2.45) is 0 Å². The number of phenols is 1. The second-order valence-corrected chi connectivity index (χ2v) is 4.44. The van der Waals surface area contributed by atoms with Crippen molar-refractivity contribution in [1.29, 1.82) is 5.26 Å². The van der Waals surface area contributed by atoms with Crippen LogP contribution in [0.4, 0.5) is 0 Å². The third-order valence-electron chi connectivity index (χ3n) is 2.82. The maximum absolute atomic E-state index is 11.5. The van der Waals surface area contributed by atoms with Crippen LogP contribution in [0.25, 0.3) is 11.1 Å². The molecule has 0 spiro atoms. The molecule has 0 aliphatic heterocycles. The Bertz CT molecular complexity index is 720. The van der Waals surface area contributed by atoms with Crippen LogP contribution < -0.4 is 0 Å². The van der Waals surface area contributed by atoms with Gasteiger partial charge in [0.15, 0.2) is 0 Å².